The minimum Gasteiger partial charge on any atom is -0.379 e. The second-order valence-electron chi connectivity index (χ2n) is 10.7. The predicted octanol–water partition coefficient (Wildman–Crippen LogP) is 10.2. The lowest BCUT2D eigenvalue weighted by Crippen LogP contribution is -2.06. The van der Waals surface area contributed by atoms with Crippen LogP contribution in [-0.4, -0.2) is 52.9 Å². The van der Waals surface area contributed by atoms with Crippen LogP contribution in [-0.2, 0) is 44.6 Å². The van der Waals surface area contributed by atoms with Crippen molar-refractivity contribution in [1.29, 1.82) is 0 Å². The van der Waals surface area contributed by atoms with Crippen LogP contribution >= 0.6 is 34.0 Å². The highest BCUT2D eigenvalue weighted by Crippen LogP contribution is 2.49. The average molecular weight is 643 g/mol. The van der Waals surface area contributed by atoms with E-state index >= 15 is 0 Å². The van der Waals surface area contributed by atoms with Gasteiger partial charge in [0.25, 0.3) is 0 Å². The van der Waals surface area contributed by atoms with Crippen LogP contribution in [0.3, 0.4) is 0 Å². The van der Waals surface area contributed by atoms with Crippen molar-refractivity contribution in [3.8, 4) is 19.5 Å². The summed E-state index contributed by atoms with van der Waals surface area (Å²) in [5, 5.41) is 2.74. The van der Waals surface area contributed by atoms with E-state index in [4.69, 9.17) is 18.9 Å². The fraction of sp³-hybridized carbons (Fsp3) is 0.556. The molecule has 236 valence electrons. The molecule has 0 bridgehead atoms. The van der Waals surface area contributed by atoms with Crippen LogP contribution in [0.15, 0.2) is 36.4 Å². The van der Waals surface area contributed by atoms with Crippen molar-refractivity contribution >= 4 is 44.8 Å². The monoisotopic (exact) mass is 642 g/mol. The van der Waals surface area contributed by atoms with Gasteiger partial charge in [0.15, 0.2) is 0 Å². The van der Waals surface area contributed by atoms with Crippen molar-refractivity contribution in [2.45, 2.75) is 79.1 Å². The quantitative estimate of drug-likeness (QED) is 0.0800. The van der Waals surface area contributed by atoms with E-state index in [9.17, 15) is 0 Å². The fourth-order valence-electron chi connectivity index (χ4n) is 5.25. The van der Waals surface area contributed by atoms with E-state index in [-0.39, 0.29) is 0 Å². The summed E-state index contributed by atoms with van der Waals surface area (Å²) in [5.74, 6) is 0. The molecule has 43 heavy (non-hydrogen) atoms. The van der Waals surface area contributed by atoms with E-state index in [0.29, 0.717) is 26.4 Å². The van der Waals surface area contributed by atoms with Gasteiger partial charge in [0, 0.05) is 56.3 Å². The number of benzene rings is 1. The largest absolute Gasteiger partial charge is 0.379 e. The van der Waals surface area contributed by atoms with Gasteiger partial charge in [0.1, 0.15) is 0 Å². The summed E-state index contributed by atoms with van der Waals surface area (Å²) >= 11 is 5.91. The van der Waals surface area contributed by atoms with Gasteiger partial charge in [-0.3, -0.25) is 0 Å². The zero-order valence-corrected chi connectivity index (χ0v) is 29.1. The molecule has 0 aliphatic heterocycles. The van der Waals surface area contributed by atoms with Crippen molar-refractivity contribution in [2.75, 3.05) is 52.9 Å². The molecule has 3 aromatic heterocycles. The molecule has 7 heteroatoms. The standard InChI is InChI=1S/C36H50O4S3/c1-5-9-13-27-25-33(41-31(27)17-19-39-23-21-37-7-3)35-29-15-11-12-16-30(29)36(43-35)34-26-28(14-10-6-2)32(42-34)18-20-40-24-22-38-8-4/h11-12,15-16,25-26H,5-10,13-14,17-24H2,1-4H3. The average Bonchev–Trinajstić information content (AvgIpc) is 3.73. The van der Waals surface area contributed by atoms with Crippen LogP contribution in [0.1, 0.15) is 74.3 Å². The predicted molar refractivity (Wildman–Crippen MR) is 188 cm³/mol. The molecule has 0 unspecified atom stereocenters. The van der Waals surface area contributed by atoms with Gasteiger partial charge in [0.05, 0.1) is 49.4 Å². The Morgan fingerprint density at radius 2 is 0.953 bits per heavy atom. The fourth-order valence-corrected chi connectivity index (χ4v) is 9.15. The van der Waals surface area contributed by atoms with E-state index in [1.165, 1.54) is 76.8 Å². The third-order valence-corrected chi connectivity index (χ3v) is 11.6. The molecule has 4 rings (SSSR count). The lowest BCUT2D eigenvalue weighted by molar-refractivity contribution is 0.0542. The van der Waals surface area contributed by atoms with Crippen LogP contribution in [0.2, 0.25) is 0 Å². The molecule has 0 spiro atoms. The molecule has 4 aromatic rings. The van der Waals surface area contributed by atoms with Gasteiger partial charge in [-0.15, -0.1) is 34.0 Å². The molecular formula is C36H50O4S3. The molecule has 0 saturated heterocycles. The first-order chi connectivity index (χ1) is 21.2. The maximum atomic E-state index is 5.91. The Labute approximate surface area is 271 Å². The highest BCUT2D eigenvalue weighted by atomic mass is 32.1. The van der Waals surface area contributed by atoms with Crippen molar-refractivity contribution in [3.63, 3.8) is 0 Å². The smallest absolute Gasteiger partial charge is 0.0700 e. The Balaban J connectivity index is 1.60. The normalized spacial score (nSPS) is 11.7. The molecule has 0 aliphatic carbocycles. The third-order valence-electron chi connectivity index (χ3n) is 7.56. The summed E-state index contributed by atoms with van der Waals surface area (Å²) in [6.45, 7) is 14.3. The summed E-state index contributed by atoms with van der Waals surface area (Å²) in [6.07, 6.45) is 9.07. The zero-order chi connectivity index (χ0) is 30.3. The van der Waals surface area contributed by atoms with Gasteiger partial charge in [-0.1, -0.05) is 51.0 Å². The number of ether oxygens (including phenoxy) is 4. The second kappa shape index (κ2) is 19.1. The zero-order valence-electron chi connectivity index (χ0n) is 26.6. The van der Waals surface area contributed by atoms with Gasteiger partial charge < -0.3 is 18.9 Å². The molecule has 1 aromatic carbocycles. The second-order valence-corrected chi connectivity index (χ2v) is 14.0. The van der Waals surface area contributed by atoms with Crippen LogP contribution in [0.25, 0.3) is 30.3 Å². The van der Waals surface area contributed by atoms with Gasteiger partial charge in [0.2, 0.25) is 0 Å². The van der Waals surface area contributed by atoms with Crippen LogP contribution in [0.4, 0.5) is 0 Å². The lowest BCUT2D eigenvalue weighted by Gasteiger charge is -2.05. The minimum atomic E-state index is 0.664. The summed E-state index contributed by atoms with van der Waals surface area (Å²) in [6, 6.07) is 13.9. The molecule has 0 fully saturated rings. The topological polar surface area (TPSA) is 36.9 Å². The number of thiophene rings is 3. The van der Waals surface area contributed by atoms with Gasteiger partial charge in [-0.25, -0.2) is 0 Å². The first-order valence-corrected chi connectivity index (χ1v) is 18.7. The van der Waals surface area contributed by atoms with E-state index in [1.54, 1.807) is 0 Å². The van der Waals surface area contributed by atoms with E-state index in [1.807, 2.05) is 47.9 Å². The van der Waals surface area contributed by atoms with Crippen molar-refractivity contribution in [3.05, 3.63) is 57.3 Å². The maximum Gasteiger partial charge on any atom is 0.0700 e. The van der Waals surface area contributed by atoms with E-state index in [2.05, 4.69) is 50.2 Å². The minimum absolute atomic E-state index is 0.664. The number of unbranched alkanes of at least 4 members (excludes halogenated alkanes) is 2. The van der Waals surface area contributed by atoms with E-state index < -0.39 is 0 Å². The van der Waals surface area contributed by atoms with Gasteiger partial charge in [-0.05, 0) is 62.8 Å². The van der Waals surface area contributed by atoms with Crippen LogP contribution in [0.5, 0.6) is 0 Å². The highest BCUT2D eigenvalue weighted by molar-refractivity contribution is 7.28. The molecule has 0 N–H and O–H groups in total. The number of hydrogen-bond donors (Lipinski definition) is 0. The molecule has 0 amide bonds. The SMILES string of the molecule is CCCCc1cc(-c2sc(-c3cc(CCCC)c(CCOCCOCC)s3)c3ccccc23)sc1CCOCCOCC. The number of aryl methyl sites for hydroxylation is 2. The Hall–Kier alpha value is -1.58. The number of fused-ring (bicyclic) bond motifs is 1. The van der Waals surface area contributed by atoms with Crippen LogP contribution in [0, 0.1) is 0 Å². The number of hydrogen-bond acceptors (Lipinski definition) is 7. The Morgan fingerprint density at radius 3 is 1.37 bits per heavy atom. The summed E-state index contributed by atoms with van der Waals surface area (Å²) in [5.41, 5.74) is 3.00. The first kappa shape index (κ1) is 34.3. The van der Waals surface area contributed by atoms with Crippen molar-refractivity contribution in [2.24, 2.45) is 0 Å². The molecule has 0 aliphatic rings. The van der Waals surface area contributed by atoms with Crippen molar-refractivity contribution in [1.82, 2.24) is 0 Å². The molecular weight excluding hydrogens is 593 g/mol. The molecule has 0 radical (unpaired) electrons. The van der Waals surface area contributed by atoms with E-state index in [0.717, 1.165) is 52.1 Å². The van der Waals surface area contributed by atoms with Gasteiger partial charge in [-0.2, -0.15) is 0 Å². The van der Waals surface area contributed by atoms with Gasteiger partial charge >= 0.3 is 0 Å². The molecule has 3 heterocycles. The van der Waals surface area contributed by atoms with Crippen molar-refractivity contribution < 1.29 is 18.9 Å². The Bertz CT molecular complexity index is 1250. The Kier molecular flexibility index (Phi) is 15.2. The molecule has 0 atom stereocenters. The highest BCUT2D eigenvalue weighted by Gasteiger charge is 2.20. The van der Waals surface area contributed by atoms with Crippen LogP contribution < -0.4 is 0 Å². The molecule has 0 saturated carbocycles. The first-order valence-electron chi connectivity index (χ1n) is 16.3. The lowest BCUT2D eigenvalue weighted by atomic mass is 10.1. The summed E-state index contributed by atoms with van der Waals surface area (Å²) < 4.78 is 22.7. The third kappa shape index (κ3) is 9.95. The summed E-state index contributed by atoms with van der Waals surface area (Å²) in [7, 11) is 0. The number of rotatable bonds is 22. The maximum absolute atomic E-state index is 5.91. The summed E-state index contributed by atoms with van der Waals surface area (Å²) in [4.78, 5) is 8.55. The molecule has 4 nitrogen and oxygen atoms in total. The Morgan fingerprint density at radius 1 is 0.512 bits per heavy atom.